The molecule has 0 amide bonds. The lowest BCUT2D eigenvalue weighted by Gasteiger charge is -2.19. The maximum Gasteiger partial charge on any atom is 0.235 e. The van der Waals surface area contributed by atoms with Crippen LogP contribution >= 0.6 is 0 Å². The van der Waals surface area contributed by atoms with Crippen molar-refractivity contribution in [3.63, 3.8) is 0 Å². The monoisotopic (exact) mass is 398 g/mol. The summed E-state index contributed by atoms with van der Waals surface area (Å²) < 4.78 is 25.5. The van der Waals surface area contributed by atoms with Gasteiger partial charge in [-0.05, 0) is 67.0 Å². The molecule has 2 aromatic rings. The Hall–Kier alpha value is -2.54. The van der Waals surface area contributed by atoms with E-state index in [2.05, 4.69) is 28.5 Å². The molecule has 2 aromatic carbocycles. The minimum atomic E-state index is -3.15. The number of hydrogen-bond acceptors (Lipinski definition) is 3. The highest BCUT2D eigenvalue weighted by Gasteiger charge is 2.28. The Morgan fingerprint density at radius 3 is 2.61 bits per heavy atom. The molecule has 28 heavy (non-hydrogen) atoms. The molecule has 1 aliphatic heterocycles. The number of nitrogens with one attached hydrogen (secondary N) is 1. The van der Waals surface area contributed by atoms with Crippen LogP contribution < -0.4 is 15.4 Å². The second-order valence-electron chi connectivity index (χ2n) is 7.38. The summed E-state index contributed by atoms with van der Waals surface area (Å²) in [6, 6.07) is 13.8. The van der Waals surface area contributed by atoms with E-state index in [1.54, 1.807) is 0 Å². The Balaban J connectivity index is 1.42. The molecule has 2 aliphatic rings. The van der Waals surface area contributed by atoms with Gasteiger partial charge in [0.2, 0.25) is 10.0 Å². The maximum absolute atomic E-state index is 12.0. The van der Waals surface area contributed by atoms with Gasteiger partial charge in [0.1, 0.15) is 0 Å². The fraction of sp³-hybridized carbons (Fsp3) is 0.381. The van der Waals surface area contributed by atoms with Crippen LogP contribution in [-0.2, 0) is 29.4 Å². The number of nitrogens with two attached hydrogens (primary N) is 1. The van der Waals surface area contributed by atoms with Gasteiger partial charge in [-0.3, -0.25) is 4.31 Å². The lowest BCUT2D eigenvalue weighted by Crippen LogP contribution is -2.25. The summed E-state index contributed by atoms with van der Waals surface area (Å²) in [7, 11) is -3.15. The largest absolute Gasteiger partial charge is 0.370 e. The fourth-order valence-electron chi connectivity index (χ4n) is 3.95. The lowest BCUT2D eigenvalue weighted by molar-refractivity contribution is 0.599. The zero-order valence-electron chi connectivity index (χ0n) is 15.9. The van der Waals surface area contributed by atoms with E-state index in [-0.39, 0.29) is 5.75 Å². The summed E-state index contributed by atoms with van der Waals surface area (Å²) in [4.78, 5) is 4.45. The van der Waals surface area contributed by atoms with Gasteiger partial charge < -0.3 is 11.1 Å². The predicted octanol–water partition coefficient (Wildman–Crippen LogP) is 3.03. The van der Waals surface area contributed by atoms with Gasteiger partial charge in [0.25, 0.3) is 0 Å². The first kappa shape index (κ1) is 18.8. The molecular weight excluding hydrogens is 372 g/mol. The van der Waals surface area contributed by atoms with Crippen LogP contribution in [0.15, 0.2) is 47.5 Å². The first-order valence-corrected chi connectivity index (χ1v) is 11.4. The minimum Gasteiger partial charge on any atom is -0.370 e. The molecule has 4 rings (SSSR count). The van der Waals surface area contributed by atoms with E-state index in [0.29, 0.717) is 31.2 Å². The van der Waals surface area contributed by atoms with Crippen LogP contribution in [0.1, 0.15) is 36.0 Å². The highest BCUT2D eigenvalue weighted by atomic mass is 32.2. The van der Waals surface area contributed by atoms with Crippen molar-refractivity contribution in [2.45, 2.75) is 38.6 Å². The molecular formula is C21H26N4O2S. The van der Waals surface area contributed by atoms with Gasteiger partial charge in [-0.1, -0.05) is 24.3 Å². The maximum atomic E-state index is 12.0. The third kappa shape index (κ3) is 3.99. The molecule has 6 nitrogen and oxygen atoms in total. The average Bonchev–Trinajstić information content (AvgIpc) is 3.06. The molecule has 1 heterocycles. The molecule has 148 valence electrons. The standard InChI is InChI=1S/C21H26N4O2S/c22-21(24-20-8-3-6-17-5-1-2-7-19(17)20)23-15-16-9-11-18(12-10-16)25-13-4-14-28(25,26)27/h3,6,8-12H,1-2,4-5,7,13-15H2,(H3,22,23,24). The Morgan fingerprint density at radius 1 is 1.07 bits per heavy atom. The Kier molecular flexibility index (Phi) is 5.26. The zero-order valence-corrected chi connectivity index (χ0v) is 16.7. The Labute approximate surface area is 166 Å². The van der Waals surface area contributed by atoms with E-state index in [1.807, 2.05) is 24.3 Å². The number of aliphatic imine (C=N–C) groups is 1. The van der Waals surface area contributed by atoms with E-state index in [0.717, 1.165) is 24.1 Å². The van der Waals surface area contributed by atoms with Crippen LogP contribution in [-0.4, -0.2) is 26.7 Å². The van der Waals surface area contributed by atoms with Crippen molar-refractivity contribution >= 4 is 27.4 Å². The van der Waals surface area contributed by atoms with Gasteiger partial charge >= 0.3 is 0 Å². The molecule has 0 saturated carbocycles. The minimum absolute atomic E-state index is 0.227. The number of rotatable bonds is 4. The molecule has 0 aromatic heterocycles. The number of fused-ring (bicyclic) bond motifs is 1. The Morgan fingerprint density at radius 2 is 1.86 bits per heavy atom. The Bertz CT molecular complexity index is 984. The molecule has 0 radical (unpaired) electrons. The SMILES string of the molecule is NC(=NCc1ccc(N2CCCS2(=O)=O)cc1)Nc1cccc2c1CCCC2. The number of sulfonamides is 1. The molecule has 0 atom stereocenters. The third-order valence-electron chi connectivity index (χ3n) is 5.41. The second-order valence-corrected chi connectivity index (χ2v) is 9.40. The summed E-state index contributed by atoms with van der Waals surface area (Å²) >= 11 is 0. The van der Waals surface area contributed by atoms with E-state index in [1.165, 1.54) is 28.3 Å². The average molecular weight is 399 g/mol. The van der Waals surface area contributed by atoms with E-state index < -0.39 is 10.0 Å². The van der Waals surface area contributed by atoms with Crippen LogP contribution in [0.25, 0.3) is 0 Å². The molecule has 1 fully saturated rings. The summed E-state index contributed by atoms with van der Waals surface area (Å²) in [6.45, 7) is 0.999. The van der Waals surface area contributed by atoms with Crippen molar-refractivity contribution in [2.75, 3.05) is 21.9 Å². The van der Waals surface area contributed by atoms with Crippen LogP contribution in [0.3, 0.4) is 0 Å². The van der Waals surface area contributed by atoms with Crippen molar-refractivity contribution in [3.05, 3.63) is 59.2 Å². The zero-order chi connectivity index (χ0) is 19.6. The van der Waals surface area contributed by atoms with Crippen molar-refractivity contribution in [2.24, 2.45) is 10.7 Å². The summed E-state index contributed by atoms with van der Waals surface area (Å²) in [5.41, 5.74) is 11.6. The molecule has 7 heteroatoms. The van der Waals surface area contributed by atoms with E-state index in [4.69, 9.17) is 5.73 Å². The highest BCUT2D eigenvalue weighted by molar-refractivity contribution is 7.93. The quantitative estimate of drug-likeness (QED) is 0.612. The van der Waals surface area contributed by atoms with Crippen LogP contribution in [0.5, 0.6) is 0 Å². The molecule has 1 aliphatic carbocycles. The number of guanidine groups is 1. The normalized spacial score (nSPS) is 18.7. The second kappa shape index (κ2) is 7.83. The van der Waals surface area contributed by atoms with Gasteiger partial charge in [-0.15, -0.1) is 0 Å². The number of anilines is 2. The van der Waals surface area contributed by atoms with Crippen molar-refractivity contribution in [1.29, 1.82) is 0 Å². The van der Waals surface area contributed by atoms with Crippen LogP contribution in [0, 0.1) is 0 Å². The summed E-state index contributed by atoms with van der Waals surface area (Å²) in [5.74, 6) is 0.620. The summed E-state index contributed by atoms with van der Waals surface area (Å²) in [6.07, 6.45) is 5.34. The van der Waals surface area contributed by atoms with Crippen molar-refractivity contribution < 1.29 is 8.42 Å². The van der Waals surface area contributed by atoms with Crippen LogP contribution in [0.4, 0.5) is 11.4 Å². The number of nitrogens with zero attached hydrogens (tertiary/aromatic N) is 2. The van der Waals surface area contributed by atoms with Gasteiger partial charge in [0.15, 0.2) is 5.96 Å². The van der Waals surface area contributed by atoms with Crippen molar-refractivity contribution in [1.82, 2.24) is 0 Å². The number of aryl methyl sites for hydroxylation is 1. The number of hydrogen-bond donors (Lipinski definition) is 2. The van der Waals surface area contributed by atoms with E-state index >= 15 is 0 Å². The van der Waals surface area contributed by atoms with Gasteiger partial charge in [-0.2, -0.15) is 0 Å². The smallest absolute Gasteiger partial charge is 0.235 e. The predicted molar refractivity (Wildman–Crippen MR) is 114 cm³/mol. The van der Waals surface area contributed by atoms with Crippen molar-refractivity contribution in [3.8, 4) is 0 Å². The summed E-state index contributed by atoms with van der Waals surface area (Å²) in [5, 5.41) is 3.25. The molecule has 1 saturated heterocycles. The third-order valence-corrected chi connectivity index (χ3v) is 7.28. The van der Waals surface area contributed by atoms with Gasteiger partial charge in [0, 0.05) is 12.2 Å². The highest BCUT2D eigenvalue weighted by Crippen LogP contribution is 2.28. The number of benzene rings is 2. The van der Waals surface area contributed by atoms with Crippen LogP contribution in [0.2, 0.25) is 0 Å². The van der Waals surface area contributed by atoms with E-state index in [9.17, 15) is 8.42 Å². The topological polar surface area (TPSA) is 87.8 Å². The van der Waals surface area contributed by atoms with Gasteiger partial charge in [-0.25, -0.2) is 13.4 Å². The molecule has 3 N–H and O–H groups in total. The molecule has 0 bridgehead atoms. The fourth-order valence-corrected chi connectivity index (χ4v) is 5.51. The first-order chi connectivity index (χ1) is 13.5. The molecule has 0 spiro atoms. The lowest BCUT2D eigenvalue weighted by atomic mass is 9.90. The van der Waals surface area contributed by atoms with Gasteiger partial charge in [0.05, 0.1) is 18.0 Å². The first-order valence-electron chi connectivity index (χ1n) is 9.80. The molecule has 0 unspecified atom stereocenters.